The Morgan fingerprint density at radius 2 is 1.67 bits per heavy atom. The van der Waals surface area contributed by atoms with Gasteiger partial charge in [0.05, 0.1) is 4.90 Å². The molecule has 1 amide bonds. The van der Waals surface area contributed by atoms with Crippen molar-refractivity contribution in [3.63, 3.8) is 0 Å². The molecule has 0 aromatic heterocycles. The lowest BCUT2D eigenvalue weighted by atomic mass is 9.99. The van der Waals surface area contributed by atoms with E-state index in [9.17, 15) is 17.6 Å². The zero-order valence-corrected chi connectivity index (χ0v) is 14.2. The van der Waals surface area contributed by atoms with E-state index in [4.69, 9.17) is 0 Å². The lowest BCUT2D eigenvalue weighted by Crippen LogP contribution is -2.41. The lowest BCUT2D eigenvalue weighted by molar-refractivity contribution is 0.0945. The molecule has 24 heavy (non-hydrogen) atoms. The highest BCUT2D eigenvalue weighted by atomic mass is 32.2. The summed E-state index contributed by atoms with van der Waals surface area (Å²) in [5.74, 6) is -0.809. The third kappa shape index (κ3) is 4.39. The van der Waals surface area contributed by atoms with Crippen molar-refractivity contribution in [1.29, 1.82) is 0 Å². The van der Waals surface area contributed by atoms with Crippen molar-refractivity contribution in [2.24, 2.45) is 0 Å². The van der Waals surface area contributed by atoms with Gasteiger partial charge in [-0.3, -0.25) is 10.2 Å². The van der Waals surface area contributed by atoms with E-state index in [1.54, 1.807) is 12.1 Å². The summed E-state index contributed by atoms with van der Waals surface area (Å²) in [6, 6.07) is 11.3. The Hall–Kier alpha value is -2.25. The van der Waals surface area contributed by atoms with Crippen molar-refractivity contribution in [2.45, 2.75) is 31.1 Å². The summed E-state index contributed by atoms with van der Waals surface area (Å²) < 4.78 is 37.2. The van der Waals surface area contributed by atoms with Gasteiger partial charge in [0, 0.05) is 5.56 Å². The Kier molecular flexibility index (Phi) is 5.69. The number of carbonyl (C=O) groups excluding carboxylic acids is 1. The zero-order chi connectivity index (χ0) is 17.7. The van der Waals surface area contributed by atoms with Gasteiger partial charge in [0.2, 0.25) is 0 Å². The molecule has 2 rings (SSSR count). The Morgan fingerprint density at radius 3 is 2.21 bits per heavy atom. The topological polar surface area (TPSA) is 75.3 Å². The summed E-state index contributed by atoms with van der Waals surface area (Å²) in [5, 5.41) is 0. The van der Waals surface area contributed by atoms with Gasteiger partial charge in [0.1, 0.15) is 5.82 Å². The largest absolute Gasteiger partial charge is 0.273 e. The van der Waals surface area contributed by atoms with Gasteiger partial charge in [-0.2, -0.15) is 0 Å². The van der Waals surface area contributed by atoms with Crippen LogP contribution in [0.25, 0.3) is 0 Å². The first-order valence-electron chi connectivity index (χ1n) is 7.51. The molecular formula is C17H19FN2O3S. The molecule has 128 valence electrons. The maximum Gasteiger partial charge on any atom is 0.266 e. The van der Waals surface area contributed by atoms with Crippen LogP contribution in [0.15, 0.2) is 53.4 Å². The zero-order valence-electron chi connectivity index (χ0n) is 13.4. The molecule has 2 aromatic rings. The third-order valence-electron chi connectivity index (χ3n) is 3.78. The molecule has 7 heteroatoms. The Bertz CT molecular complexity index is 803. The minimum Gasteiger partial charge on any atom is -0.273 e. The number of amides is 1. The summed E-state index contributed by atoms with van der Waals surface area (Å²) in [5.41, 5.74) is 3.30. The van der Waals surface area contributed by atoms with Gasteiger partial charge >= 0.3 is 0 Å². The fraction of sp³-hybridized carbons (Fsp3) is 0.235. The number of hydrogen-bond donors (Lipinski definition) is 2. The standard InChI is InChI=1S/C17H19FN2O3S/c1-3-12(2)13-6-10-16(11-7-13)24(22,23)20-19-17(21)14-4-8-15(18)9-5-14/h4-12,20H,3H2,1-2H3,(H,19,21). The molecule has 0 spiro atoms. The third-order valence-corrected chi connectivity index (χ3v) is 5.04. The molecule has 0 fully saturated rings. The number of nitrogens with one attached hydrogen (secondary N) is 2. The van der Waals surface area contributed by atoms with E-state index in [0.717, 1.165) is 24.1 Å². The fourth-order valence-corrected chi connectivity index (χ4v) is 2.90. The van der Waals surface area contributed by atoms with Crippen molar-refractivity contribution < 1.29 is 17.6 Å². The SMILES string of the molecule is CCC(C)c1ccc(S(=O)(=O)NNC(=O)c2ccc(F)cc2)cc1. The summed E-state index contributed by atoms with van der Waals surface area (Å²) in [4.78, 5) is 13.9. The second-order valence-electron chi connectivity index (χ2n) is 5.44. The Morgan fingerprint density at radius 1 is 1.08 bits per heavy atom. The molecule has 5 nitrogen and oxygen atoms in total. The Balaban J connectivity index is 2.05. The predicted molar refractivity (Wildman–Crippen MR) is 89.3 cm³/mol. The van der Waals surface area contributed by atoms with Crippen molar-refractivity contribution in [3.05, 3.63) is 65.5 Å². The van der Waals surface area contributed by atoms with Crippen LogP contribution < -0.4 is 10.3 Å². The number of halogens is 1. The quantitative estimate of drug-likeness (QED) is 0.787. The van der Waals surface area contributed by atoms with Gasteiger partial charge in [-0.1, -0.05) is 26.0 Å². The summed E-state index contributed by atoms with van der Waals surface area (Å²) in [6.07, 6.45) is 0.956. The number of carbonyl (C=O) groups is 1. The molecule has 0 aliphatic carbocycles. The summed E-state index contributed by atoms with van der Waals surface area (Å²) in [7, 11) is -3.88. The van der Waals surface area contributed by atoms with E-state index < -0.39 is 21.7 Å². The van der Waals surface area contributed by atoms with E-state index in [0.29, 0.717) is 5.92 Å². The van der Waals surface area contributed by atoms with Crippen LogP contribution in [0.1, 0.15) is 42.1 Å². The van der Waals surface area contributed by atoms with Crippen LogP contribution in [0, 0.1) is 5.82 Å². The number of benzene rings is 2. The van der Waals surface area contributed by atoms with E-state index in [1.807, 2.05) is 4.83 Å². The van der Waals surface area contributed by atoms with E-state index in [2.05, 4.69) is 19.3 Å². The van der Waals surface area contributed by atoms with Gasteiger partial charge < -0.3 is 0 Å². The van der Waals surface area contributed by atoms with Crippen molar-refractivity contribution in [1.82, 2.24) is 10.3 Å². The molecule has 0 aliphatic rings. The molecule has 0 saturated heterocycles. The van der Waals surface area contributed by atoms with Crippen molar-refractivity contribution in [3.8, 4) is 0 Å². The average Bonchev–Trinajstić information content (AvgIpc) is 2.59. The first kappa shape index (κ1) is 18.1. The van der Waals surface area contributed by atoms with Gasteiger partial charge in [0.25, 0.3) is 15.9 Å². The van der Waals surface area contributed by atoms with Crippen LogP contribution in [-0.2, 0) is 10.0 Å². The normalized spacial score (nSPS) is 12.6. The monoisotopic (exact) mass is 350 g/mol. The molecular weight excluding hydrogens is 331 g/mol. The highest BCUT2D eigenvalue weighted by molar-refractivity contribution is 7.89. The smallest absolute Gasteiger partial charge is 0.266 e. The molecule has 0 saturated carbocycles. The second kappa shape index (κ2) is 7.55. The van der Waals surface area contributed by atoms with Crippen molar-refractivity contribution >= 4 is 15.9 Å². The molecule has 0 radical (unpaired) electrons. The van der Waals surface area contributed by atoms with Crippen LogP contribution in [0.4, 0.5) is 4.39 Å². The second-order valence-corrected chi connectivity index (χ2v) is 7.13. The predicted octanol–water partition coefficient (Wildman–Crippen LogP) is 2.96. The summed E-state index contributed by atoms with van der Waals surface area (Å²) in [6.45, 7) is 4.12. The van der Waals surface area contributed by atoms with Gasteiger partial charge in [-0.25, -0.2) is 12.8 Å². The summed E-state index contributed by atoms with van der Waals surface area (Å²) >= 11 is 0. The molecule has 2 N–H and O–H groups in total. The molecule has 1 unspecified atom stereocenters. The Labute approximate surface area is 140 Å². The number of hydrogen-bond acceptors (Lipinski definition) is 3. The number of hydrazine groups is 1. The molecule has 0 bridgehead atoms. The first-order chi connectivity index (χ1) is 11.3. The highest BCUT2D eigenvalue weighted by Crippen LogP contribution is 2.20. The van der Waals surface area contributed by atoms with Gasteiger partial charge in [-0.15, -0.1) is 4.83 Å². The molecule has 2 aromatic carbocycles. The maximum atomic E-state index is 12.8. The minimum absolute atomic E-state index is 0.0500. The van der Waals surface area contributed by atoms with E-state index in [1.165, 1.54) is 24.3 Å². The molecule has 0 aliphatic heterocycles. The molecule has 0 heterocycles. The number of rotatable bonds is 6. The fourth-order valence-electron chi connectivity index (χ4n) is 2.06. The molecule has 1 atom stereocenters. The van der Waals surface area contributed by atoms with Gasteiger partial charge in [0.15, 0.2) is 0 Å². The van der Waals surface area contributed by atoms with Gasteiger partial charge in [-0.05, 0) is 54.3 Å². The number of sulfonamides is 1. The van der Waals surface area contributed by atoms with Crippen LogP contribution in [-0.4, -0.2) is 14.3 Å². The van der Waals surface area contributed by atoms with Crippen LogP contribution >= 0.6 is 0 Å². The van der Waals surface area contributed by atoms with Crippen LogP contribution in [0.2, 0.25) is 0 Å². The van der Waals surface area contributed by atoms with E-state index in [-0.39, 0.29) is 10.5 Å². The maximum absolute atomic E-state index is 12.8. The van der Waals surface area contributed by atoms with Crippen LogP contribution in [0.3, 0.4) is 0 Å². The highest BCUT2D eigenvalue weighted by Gasteiger charge is 2.16. The van der Waals surface area contributed by atoms with E-state index >= 15 is 0 Å². The van der Waals surface area contributed by atoms with Crippen LogP contribution in [0.5, 0.6) is 0 Å². The minimum atomic E-state index is -3.88. The first-order valence-corrected chi connectivity index (χ1v) is 8.99. The lowest BCUT2D eigenvalue weighted by Gasteiger charge is -2.11. The average molecular weight is 350 g/mol. The van der Waals surface area contributed by atoms with Crippen molar-refractivity contribution in [2.75, 3.05) is 0 Å².